The van der Waals surface area contributed by atoms with E-state index >= 15 is 0 Å². The van der Waals surface area contributed by atoms with E-state index in [2.05, 4.69) is 11.6 Å². The first kappa shape index (κ1) is 18.9. The Balaban J connectivity index is 1.80. The van der Waals surface area contributed by atoms with Crippen molar-refractivity contribution in [1.29, 1.82) is 0 Å². The maximum atomic E-state index is 12.5. The fourth-order valence-corrected chi connectivity index (χ4v) is 4.45. The third kappa shape index (κ3) is 3.51. The third-order valence-electron chi connectivity index (χ3n) is 4.42. The highest BCUT2D eigenvalue weighted by atomic mass is 35.5. The maximum Gasteiger partial charge on any atom is 0.356 e. The molecule has 0 aromatic carbocycles. The highest BCUT2D eigenvalue weighted by molar-refractivity contribution is 8.02. The lowest BCUT2D eigenvalue weighted by Gasteiger charge is -2.44. The van der Waals surface area contributed by atoms with Crippen LogP contribution in [0.3, 0.4) is 0 Å². The maximum absolute atomic E-state index is 12.5. The molecule has 3 rings (SSSR count). The van der Waals surface area contributed by atoms with Gasteiger partial charge in [0.1, 0.15) is 17.5 Å². The Morgan fingerprint density at radius 3 is 3.00 bits per heavy atom. The number of esters is 1. The number of thioether (sulfide) groups is 1. The lowest BCUT2D eigenvalue weighted by atomic mass is 9.83. The van der Waals surface area contributed by atoms with Crippen LogP contribution in [0.1, 0.15) is 18.9 Å². The number of fused-ring (bicyclic) bond motifs is 1. The van der Waals surface area contributed by atoms with Crippen molar-refractivity contribution in [3.8, 4) is 0 Å². The second-order valence-electron chi connectivity index (χ2n) is 6.18. The van der Waals surface area contributed by atoms with Gasteiger partial charge in [0.15, 0.2) is 0 Å². The van der Waals surface area contributed by atoms with Gasteiger partial charge in [0, 0.05) is 23.3 Å². The van der Waals surface area contributed by atoms with Gasteiger partial charge < -0.3 is 14.7 Å². The van der Waals surface area contributed by atoms with Crippen LogP contribution in [0, 0.1) is 5.92 Å². The Morgan fingerprint density at radius 1 is 1.62 bits per heavy atom. The minimum Gasteiger partial charge on any atom is -0.457 e. The van der Waals surface area contributed by atoms with Crippen LogP contribution in [-0.2, 0) is 20.1 Å². The van der Waals surface area contributed by atoms with E-state index in [1.54, 1.807) is 19.2 Å². The number of rotatable bonds is 7. The summed E-state index contributed by atoms with van der Waals surface area (Å²) in [5.74, 6) is -0.667. The molecule has 1 amide bonds. The summed E-state index contributed by atoms with van der Waals surface area (Å²) >= 11 is 7.27. The van der Waals surface area contributed by atoms with Crippen molar-refractivity contribution in [2.75, 3.05) is 6.61 Å². The molecule has 3 atom stereocenters. The van der Waals surface area contributed by atoms with Crippen molar-refractivity contribution in [3.63, 3.8) is 0 Å². The minimum atomic E-state index is -0.751. The molecule has 0 spiro atoms. The fraction of sp³-hybridized carbons (Fsp3) is 0.389. The fourth-order valence-electron chi connectivity index (χ4n) is 3.21. The molecule has 1 saturated heterocycles. The average molecular weight is 395 g/mol. The van der Waals surface area contributed by atoms with Crippen LogP contribution in [0.2, 0.25) is 5.15 Å². The molecule has 1 fully saturated rings. The summed E-state index contributed by atoms with van der Waals surface area (Å²) in [5, 5.41) is 10.3. The molecule has 8 heteroatoms. The topological polar surface area (TPSA) is 79.7 Å². The van der Waals surface area contributed by atoms with Crippen molar-refractivity contribution in [2.24, 2.45) is 5.92 Å². The molecule has 0 aliphatic carbocycles. The Bertz CT molecular complexity index is 763. The molecule has 1 N–H and O–H groups in total. The molecule has 0 unspecified atom stereocenters. The van der Waals surface area contributed by atoms with Gasteiger partial charge in [0.05, 0.1) is 18.1 Å². The summed E-state index contributed by atoms with van der Waals surface area (Å²) in [6.45, 7) is 5.20. The number of halogens is 1. The van der Waals surface area contributed by atoms with Crippen LogP contribution in [0.4, 0.5) is 0 Å². The quantitative estimate of drug-likeness (QED) is 0.331. The van der Waals surface area contributed by atoms with E-state index in [1.807, 2.05) is 6.07 Å². The van der Waals surface area contributed by atoms with E-state index in [1.165, 1.54) is 22.7 Å². The highest BCUT2D eigenvalue weighted by Gasteiger charge is 2.56. The lowest BCUT2D eigenvalue weighted by Crippen LogP contribution is -2.61. The van der Waals surface area contributed by atoms with Crippen molar-refractivity contribution >= 4 is 35.2 Å². The Hall–Kier alpha value is -1.83. The Labute approximate surface area is 160 Å². The van der Waals surface area contributed by atoms with Crippen molar-refractivity contribution in [3.05, 3.63) is 52.3 Å². The van der Waals surface area contributed by atoms with E-state index in [9.17, 15) is 14.7 Å². The summed E-state index contributed by atoms with van der Waals surface area (Å²) in [6, 6.07) is 3.38. The summed E-state index contributed by atoms with van der Waals surface area (Å²) < 4.78 is 5.16. The highest BCUT2D eigenvalue weighted by Crippen LogP contribution is 2.47. The molecule has 0 saturated carbocycles. The number of aromatic nitrogens is 1. The first-order chi connectivity index (χ1) is 12.4. The number of hydrogen-bond donors (Lipinski definition) is 1. The molecule has 1 aromatic heterocycles. The summed E-state index contributed by atoms with van der Waals surface area (Å²) in [4.78, 5) is 31.2. The van der Waals surface area contributed by atoms with E-state index in [-0.39, 0.29) is 24.3 Å². The van der Waals surface area contributed by atoms with Crippen molar-refractivity contribution in [2.45, 2.75) is 31.2 Å². The third-order valence-corrected chi connectivity index (χ3v) is 5.83. The standard InChI is InChI=1S/C18H19ClN2O4S/c1-3-6-25-18(24)16-13(26-9-11-4-5-14(19)20-8-11)7-12-15(10(2)22)17(23)21(12)16/h3-5,8,10,12,15,22H,1,6-7,9H2,2H3/t10-,12-,15-/m1/s1. The number of ether oxygens (including phenoxy) is 1. The second kappa shape index (κ2) is 7.82. The number of carbonyl (C=O) groups excluding carboxylic acids is 2. The smallest absolute Gasteiger partial charge is 0.356 e. The van der Waals surface area contributed by atoms with E-state index in [0.29, 0.717) is 17.3 Å². The van der Waals surface area contributed by atoms with Crippen molar-refractivity contribution in [1.82, 2.24) is 9.88 Å². The Kier molecular flexibility index (Phi) is 5.70. The van der Waals surface area contributed by atoms with Gasteiger partial charge in [0.25, 0.3) is 0 Å². The number of pyridine rings is 1. The molecule has 2 aliphatic heterocycles. The largest absolute Gasteiger partial charge is 0.457 e. The lowest BCUT2D eigenvalue weighted by molar-refractivity contribution is -0.162. The van der Waals surface area contributed by atoms with Crippen LogP contribution in [-0.4, -0.2) is 45.6 Å². The second-order valence-corrected chi connectivity index (χ2v) is 7.64. The first-order valence-corrected chi connectivity index (χ1v) is 9.56. The Morgan fingerprint density at radius 2 is 2.38 bits per heavy atom. The van der Waals surface area contributed by atoms with Crippen LogP contribution < -0.4 is 0 Å². The van der Waals surface area contributed by atoms with Gasteiger partial charge in [-0.2, -0.15) is 0 Å². The number of aliphatic hydroxyl groups excluding tert-OH is 1. The minimum absolute atomic E-state index is 0.0773. The number of aliphatic hydroxyl groups is 1. The zero-order valence-corrected chi connectivity index (χ0v) is 15.8. The molecule has 138 valence electrons. The predicted molar refractivity (Wildman–Crippen MR) is 99.1 cm³/mol. The number of amides is 1. The van der Waals surface area contributed by atoms with Gasteiger partial charge in [0.2, 0.25) is 5.91 Å². The van der Waals surface area contributed by atoms with Crippen LogP contribution in [0.25, 0.3) is 0 Å². The van der Waals surface area contributed by atoms with Gasteiger partial charge in [-0.3, -0.25) is 4.79 Å². The molecule has 26 heavy (non-hydrogen) atoms. The zero-order chi connectivity index (χ0) is 18.8. The molecule has 6 nitrogen and oxygen atoms in total. The SMILES string of the molecule is C=CCOC(=O)C1=C(SCc2ccc(Cl)nc2)C[C@@H]2[C@@H]([C@@H](C)O)C(=O)N12. The van der Waals surface area contributed by atoms with E-state index in [4.69, 9.17) is 16.3 Å². The number of nitrogens with zero attached hydrogens (tertiary/aromatic N) is 2. The van der Waals surface area contributed by atoms with Gasteiger partial charge in [-0.15, -0.1) is 11.8 Å². The molecule has 2 aliphatic rings. The van der Waals surface area contributed by atoms with Gasteiger partial charge in [-0.25, -0.2) is 9.78 Å². The van der Waals surface area contributed by atoms with E-state index < -0.39 is 18.0 Å². The normalized spacial score (nSPS) is 22.7. The van der Waals surface area contributed by atoms with Crippen molar-refractivity contribution < 1.29 is 19.4 Å². The molecule has 0 bridgehead atoms. The molecule has 0 radical (unpaired) electrons. The zero-order valence-electron chi connectivity index (χ0n) is 14.2. The van der Waals surface area contributed by atoms with Crippen LogP contribution in [0.15, 0.2) is 41.6 Å². The van der Waals surface area contributed by atoms with Gasteiger partial charge in [-0.1, -0.05) is 30.3 Å². The van der Waals surface area contributed by atoms with E-state index in [0.717, 1.165) is 10.5 Å². The predicted octanol–water partition coefficient (Wildman–Crippen LogP) is 2.52. The molecular formula is C18H19ClN2O4S. The molecule has 3 heterocycles. The average Bonchev–Trinajstić information content (AvgIpc) is 2.93. The molecule has 1 aromatic rings. The van der Waals surface area contributed by atoms with Gasteiger partial charge >= 0.3 is 5.97 Å². The van der Waals surface area contributed by atoms with Crippen LogP contribution >= 0.6 is 23.4 Å². The van der Waals surface area contributed by atoms with Gasteiger partial charge in [-0.05, 0) is 18.6 Å². The first-order valence-electron chi connectivity index (χ1n) is 8.19. The summed E-state index contributed by atoms with van der Waals surface area (Å²) in [5.41, 5.74) is 1.24. The number of carbonyl (C=O) groups is 2. The monoisotopic (exact) mass is 394 g/mol. The number of hydrogen-bond acceptors (Lipinski definition) is 6. The number of β-lactam (4-membered cyclic amide) rings is 1. The summed E-state index contributed by atoms with van der Waals surface area (Å²) in [6.07, 6.45) is 2.94. The molecular weight excluding hydrogens is 376 g/mol. The summed E-state index contributed by atoms with van der Waals surface area (Å²) in [7, 11) is 0. The van der Waals surface area contributed by atoms with Crippen LogP contribution in [0.5, 0.6) is 0 Å².